The summed E-state index contributed by atoms with van der Waals surface area (Å²) in [5.74, 6) is -1.29. The van der Waals surface area contributed by atoms with Gasteiger partial charge in [-0.2, -0.15) is 0 Å². The molecule has 0 amide bonds. The first-order valence-corrected chi connectivity index (χ1v) is 5.14. The van der Waals surface area contributed by atoms with Gasteiger partial charge < -0.3 is 20.3 Å². The molecule has 17 heavy (non-hydrogen) atoms. The van der Waals surface area contributed by atoms with E-state index in [1.807, 2.05) is 0 Å². The Morgan fingerprint density at radius 3 is 2.88 bits per heavy atom. The minimum atomic E-state index is -1.03. The zero-order valence-electron chi connectivity index (χ0n) is 8.98. The molecule has 1 aliphatic rings. The van der Waals surface area contributed by atoms with E-state index in [4.69, 9.17) is 20.3 Å². The Morgan fingerprint density at radius 2 is 2.18 bits per heavy atom. The minimum absolute atomic E-state index is 0.0579. The number of nitrogens with two attached hydrogens (primary N) is 1. The van der Waals surface area contributed by atoms with Crippen molar-refractivity contribution in [1.82, 2.24) is 0 Å². The number of fused-ring (bicyclic) bond motifs is 1. The standard InChI is InChI=1S/C11H12FNO4/c12-7-3-6(8(13)5-10(14)15)4-9-11(7)17-2-1-16-9/h3-4,8H,1-2,5,13H2,(H,14,15). The second kappa shape index (κ2) is 4.58. The third-order valence-corrected chi connectivity index (χ3v) is 2.44. The van der Waals surface area contributed by atoms with Crippen molar-refractivity contribution in [3.63, 3.8) is 0 Å². The Bertz CT molecular complexity index is 449. The molecule has 6 heteroatoms. The number of aliphatic carboxylic acids is 1. The molecule has 0 fully saturated rings. The lowest BCUT2D eigenvalue weighted by molar-refractivity contribution is -0.137. The lowest BCUT2D eigenvalue weighted by Crippen LogP contribution is -2.19. The molecule has 0 radical (unpaired) electrons. The summed E-state index contributed by atoms with van der Waals surface area (Å²) in [4.78, 5) is 10.5. The number of rotatable bonds is 3. The highest BCUT2D eigenvalue weighted by Gasteiger charge is 2.20. The van der Waals surface area contributed by atoms with E-state index in [-0.39, 0.29) is 17.9 Å². The van der Waals surface area contributed by atoms with Crippen LogP contribution in [0.3, 0.4) is 0 Å². The summed E-state index contributed by atoms with van der Waals surface area (Å²) in [6, 6.07) is 1.93. The number of carboxylic acid groups (broad SMARTS) is 1. The molecule has 92 valence electrons. The average molecular weight is 241 g/mol. The van der Waals surface area contributed by atoms with Gasteiger partial charge in [0.1, 0.15) is 13.2 Å². The molecular formula is C11H12FNO4. The number of hydrogen-bond donors (Lipinski definition) is 2. The van der Waals surface area contributed by atoms with Crippen molar-refractivity contribution in [2.24, 2.45) is 5.73 Å². The largest absolute Gasteiger partial charge is 0.486 e. The number of hydrogen-bond acceptors (Lipinski definition) is 4. The van der Waals surface area contributed by atoms with Gasteiger partial charge >= 0.3 is 5.97 Å². The first kappa shape index (κ1) is 11.7. The molecule has 0 bridgehead atoms. The quantitative estimate of drug-likeness (QED) is 0.827. The highest BCUT2D eigenvalue weighted by atomic mass is 19.1. The van der Waals surface area contributed by atoms with Crippen molar-refractivity contribution in [2.45, 2.75) is 12.5 Å². The third kappa shape index (κ3) is 2.47. The van der Waals surface area contributed by atoms with Crippen molar-refractivity contribution < 1.29 is 23.8 Å². The van der Waals surface area contributed by atoms with Gasteiger partial charge in [0.25, 0.3) is 0 Å². The fourth-order valence-electron chi connectivity index (χ4n) is 1.65. The van der Waals surface area contributed by atoms with Gasteiger partial charge in [-0.05, 0) is 17.7 Å². The SMILES string of the molecule is NC(CC(=O)O)c1cc(F)c2c(c1)OCCO2. The minimum Gasteiger partial charge on any atom is -0.486 e. The fourth-order valence-corrected chi connectivity index (χ4v) is 1.65. The van der Waals surface area contributed by atoms with Gasteiger partial charge in [-0.15, -0.1) is 0 Å². The maximum atomic E-state index is 13.6. The Kier molecular flexibility index (Phi) is 3.14. The van der Waals surface area contributed by atoms with Crippen LogP contribution >= 0.6 is 0 Å². The Labute approximate surface area is 96.9 Å². The van der Waals surface area contributed by atoms with E-state index in [0.717, 1.165) is 0 Å². The van der Waals surface area contributed by atoms with Gasteiger partial charge in [0.05, 0.1) is 6.42 Å². The Balaban J connectivity index is 2.30. The van der Waals surface area contributed by atoms with Crippen LogP contribution in [0.4, 0.5) is 4.39 Å². The lowest BCUT2D eigenvalue weighted by atomic mass is 10.0. The zero-order valence-corrected chi connectivity index (χ0v) is 8.98. The van der Waals surface area contributed by atoms with E-state index in [2.05, 4.69) is 0 Å². The summed E-state index contributed by atoms with van der Waals surface area (Å²) in [7, 11) is 0. The van der Waals surface area contributed by atoms with Crippen molar-refractivity contribution in [2.75, 3.05) is 13.2 Å². The molecule has 1 atom stereocenters. The van der Waals surface area contributed by atoms with Crippen LogP contribution in [0.2, 0.25) is 0 Å². The highest BCUT2D eigenvalue weighted by molar-refractivity contribution is 5.68. The maximum absolute atomic E-state index is 13.6. The van der Waals surface area contributed by atoms with Crippen LogP contribution < -0.4 is 15.2 Å². The smallest absolute Gasteiger partial charge is 0.305 e. The van der Waals surface area contributed by atoms with Crippen LogP contribution in [0.25, 0.3) is 0 Å². The second-order valence-corrected chi connectivity index (χ2v) is 3.73. The Morgan fingerprint density at radius 1 is 1.47 bits per heavy atom. The normalized spacial score (nSPS) is 15.4. The first-order chi connectivity index (χ1) is 8.08. The summed E-state index contributed by atoms with van der Waals surface area (Å²) in [6.07, 6.45) is -0.265. The summed E-state index contributed by atoms with van der Waals surface area (Å²) < 4.78 is 24.0. The molecule has 1 aromatic rings. The molecule has 5 nitrogen and oxygen atoms in total. The molecular weight excluding hydrogens is 229 g/mol. The van der Waals surface area contributed by atoms with Gasteiger partial charge in [-0.3, -0.25) is 4.79 Å². The van der Waals surface area contributed by atoms with Crippen LogP contribution in [-0.4, -0.2) is 24.3 Å². The molecule has 1 unspecified atom stereocenters. The lowest BCUT2D eigenvalue weighted by Gasteiger charge is -2.20. The van der Waals surface area contributed by atoms with Crippen LogP contribution in [0, 0.1) is 5.82 Å². The van der Waals surface area contributed by atoms with Crippen LogP contribution in [-0.2, 0) is 4.79 Å². The maximum Gasteiger partial charge on any atom is 0.305 e. The molecule has 0 saturated carbocycles. The summed E-state index contributed by atoms with van der Waals surface area (Å²) >= 11 is 0. The Hall–Kier alpha value is -1.82. The topological polar surface area (TPSA) is 81.8 Å². The molecule has 0 saturated heterocycles. The average Bonchev–Trinajstić information content (AvgIpc) is 2.28. The summed E-state index contributed by atoms with van der Waals surface area (Å²) in [5, 5.41) is 8.62. The van der Waals surface area contributed by atoms with Crippen LogP contribution in [0.1, 0.15) is 18.0 Å². The first-order valence-electron chi connectivity index (χ1n) is 5.14. The number of ether oxygens (including phenoxy) is 2. The van der Waals surface area contributed by atoms with Gasteiger partial charge in [-0.1, -0.05) is 0 Å². The molecule has 1 aromatic carbocycles. The molecule has 1 aliphatic heterocycles. The number of carboxylic acids is 1. The number of carbonyl (C=O) groups is 1. The van der Waals surface area contributed by atoms with E-state index >= 15 is 0 Å². The van der Waals surface area contributed by atoms with Crippen molar-refractivity contribution in [3.05, 3.63) is 23.5 Å². The van der Waals surface area contributed by atoms with E-state index in [1.165, 1.54) is 12.1 Å². The third-order valence-electron chi connectivity index (χ3n) is 2.44. The molecule has 1 heterocycles. The highest BCUT2D eigenvalue weighted by Crippen LogP contribution is 2.35. The number of benzene rings is 1. The number of halogens is 1. The van der Waals surface area contributed by atoms with Crippen molar-refractivity contribution in [3.8, 4) is 11.5 Å². The molecule has 2 rings (SSSR count). The predicted molar refractivity (Wildman–Crippen MR) is 56.6 cm³/mol. The van der Waals surface area contributed by atoms with E-state index in [0.29, 0.717) is 18.8 Å². The van der Waals surface area contributed by atoms with Crippen LogP contribution in [0.15, 0.2) is 12.1 Å². The molecule has 0 aliphatic carbocycles. The summed E-state index contributed by atoms with van der Waals surface area (Å²) in [5.41, 5.74) is 6.04. The van der Waals surface area contributed by atoms with E-state index < -0.39 is 17.8 Å². The van der Waals surface area contributed by atoms with Crippen LogP contribution in [0.5, 0.6) is 11.5 Å². The monoisotopic (exact) mass is 241 g/mol. The van der Waals surface area contributed by atoms with E-state index in [9.17, 15) is 9.18 Å². The van der Waals surface area contributed by atoms with Gasteiger partial charge in [0, 0.05) is 6.04 Å². The van der Waals surface area contributed by atoms with Gasteiger partial charge in [0.2, 0.25) is 0 Å². The van der Waals surface area contributed by atoms with Gasteiger partial charge in [0.15, 0.2) is 17.3 Å². The molecule has 0 aromatic heterocycles. The fraction of sp³-hybridized carbons (Fsp3) is 0.364. The van der Waals surface area contributed by atoms with E-state index in [1.54, 1.807) is 0 Å². The molecule has 0 spiro atoms. The second-order valence-electron chi connectivity index (χ2n) is 3.73. The van der Waals surface area contributed by atoms with Crippen molar-refractivity contribution in [1.29, 1.82) is 0 Å². The summed E-state index contributed by atoms with van der Waals surface area (Å²) in [6.45, 7) is 0.633. The van der Waals surface area contributed by atoms with Crippen molar-refractivity contribution >= 4 is 5.97 Å². The van der Waals surface area contributed by atoms with Gasteiger partial charge in [-0.25, -0.2) is 4.39 Å². The molecule has 3 N–H and O–H groups in total. The zero-order chi connectivity index (χ0) is 12.4. The predicted octanol–water partition coefficient (Wildman–Crippen LogP) is 1.07.